The summed E-state index contributed by atoms with van der Waals surface area (Å²) in [6.07, 6.45) is 5.09. The third-order valence-electron chi connectivity index (χ3n) is 7.21. The van der Waals surface area contributed by atoms with Crippen molar-refractivity contribution >= 4 is 5.91 Å². The molecule has 1 aromatic carbocycles. The first-order chi connectivity index (χ1) is 15.8. The average Bonchev–Trinajstić information content (AvgIpc) is 3.40. The van der Waals surface area contributed by atoms with Gasteiger partial charge in [-0.1, -0.05) is 38.1 Å². The van der Waals surface area contributed by atoms with E-state index < -0.39 is 0 Å². The van der Waals surface area contributed by atoms with Crippen LogP contribution in [-0.4, -0.2) is 50.4 Å². The van der Waals surface area contributed by atoms with E-state index in [1.807, 2.05) is 56.1 Å². The minimum absolute atomic E-state index is 0.0905. The van der Waals surface area contributed by atoms with Gasteiger partial charge in [0.05, 0.1) is 25.5 Å². The molecule has 0 radical (unpaired) electrons. The molecule has 2 fully saturated rings. The lowest BCUT2D eigenvalue weighted by Crippen LogP contribution is -2.64. The van der Waals surface area contributed by atoms with Crippen molar-refractivity contribution < 1.29 is 14.1 Å². The molecule has 3 aromatic rings. The molecule has 0 N–H and O–H groups in total. The van der Waals surface area contributed by atoms with Crippen molar-refractivity contribution in [2.45, 2.75) is 58.1 Å². The van der Waals surface area contributed by atoms with Crippen LogP contribution >= 0.6 is 0 Å². The fourth-order valence-corrected chi connectivity index (χ4v) is 5.35. The standard InChI is InChI=1S/C25H29N5O3/c1-24(2,3)23-27-21(28-33-23)16-4-6-17(7-5-16)22(31)29-14-25(15-29)10-19(11-25)30-20-8-9-32-13-18(20)12-26-30/h4-7,12,19H,8-11,13-15H2,1-3H3. The number of amides is 1. The number of hydrogen-bond acceptors (Lipinski definition) is 6. The molecule has 0 unspecified atom stereocenters. The van der Waals surface area contributed by atoms with Gasteiger partial charge >= 0.3 is 0 Å². The first-order valence-electron chi connectivity index (χ1n) is 11.7. The monoisotopic (exact) mass is 447 g/mol. The molecule has 0 bridgehead atoms. The lowest BCUT2D eigenvalue weighted by molar-refractivity contribution is -0.0747. The summed E-state index contributed by atoms with van der Waals surface area (Å²) in [6, 6.07) is 7.96. The van der Waals surface area contributed by atoms with Crippen molar-refractivity contribution in [1.82, 2.24) is 24.8 Å². The van der Waals surface area contributed by atoms with E-state index in [0.29, 0.717) is 29.9 Å². The summed E-state index contributed by atoms with van der Waals surface area (Å²) >= 11 is 0. The smallest absolute Gasteiger partial charge is 0.253 e. The SMILES string of the molecule is CC(C)(C)c1nc(-c2ccc(C(=O)N3CC4(CC(n5ncc6c5CCOC6)C4)C3)cc2)no1. The second-order valence-corrected chi connectivity index (χ2v) is 10.8. The number of ether oxygens (including phenoxy) is 1. The van der Waals surface area contributed by atoms with Gasteiger partial charge in [-0.15, -0.1) is 0 Å². The zero-order chi connectivity index (χ0) is 22.8. The van der Waals surface area contributed by atoms with Gasteiger partial charge in [-0.25, -0.2) is 0 Å². The molecule has 1 spiro atoms. The molecular formula is C25H29N5O3. The molecule has 172 valence electrons. The summed E-state index contributed by atoms with van der Waals surface area (Å²) in [4.78, 5) is 19.4. The second kappa shape index (κ2) is 7.25. The maximum atomic E-state index is 13.0. The van der Waals surface area contributed by atoms with Gasteiger partial charge in [0.25, 0.3) is 5.91 Å². The first kappa shape index (κ1) is 20.6. The lowest BCUT2D eigenvalue weighted by atomic mass is 9.60. The molecule has 1 saturated heterocycles. The molecule has 8 heteroatoms. The Kier molecular flexibility index (Phi) is 4.52. The molecule has 1 aliphatic carbocycles. The highest BCUT2D eigenvalue weighted by molar-refractivity contribution is 5.95. The van der Waals surface area contributed by atoms with E-state index in [1.165, 1.54) is 11.3 Å². The third-order valence-corrected chi connectivity index (χ3v) is 7.21. The second-order valence-electron chi connectivity index (χ2n) is 10.8. The predicted molar refractivity (Wildman–Crippen MR) is 121 cm³/mol. The minimum Gasteiger partial charge on any atom is -0.376 e. The fourth-order valence-electron chi connectivity index (χ4n) is 5.35. The van der Waals surface area contributed by atoms with Crippen LogP contribution in [0.5, 0.6) is 0 Å². The van der Waals surface area contributed by atoms with Crippen LogP contribution in [0.15, 0.2) is 35.0 Å². The van der Waals surface area contributed by atoms with Crippen LogP contribution in [0.1, 0.15) is 67.2 Å². The van der Waals surface area contributed by atoms with E-state index in [1.54, 1.807) is 0 Å². The lowest BCUT2D eigenvalue weighted by Gasteiger charge is -2.59. The van der Waals surface area contributed by atoms with E-state index in [-0.39, 0.29) is 16.7 Å². The number of aromatic nitrogens is 4. The van der Waals surface area contributed by atoms with E-state index in [0.717, 1.165) is 44.5 Å². The summed E-state index contributed by atoms with van der Waals surface area (Å²) in [5.74, 6) is 1.24. The van der Waals surface area contributed by atoms with Crippen LogP contribution in [-0.2, 0) is 23.2 Å². The number of carbonyl (C=O) groups is 1. The molecular weight excluding hydrogens is 418 g/mol. The van der Waals surface area contributed by atoms with Gasteiger partial charge < -0.3 is 14.2 Å². The number of benzene rings is 1. The minimum atomic E-state index is -0.194. The Morgan fingerprint density at radius 1 is 1.15 bits per heavy atom. The largest absolute Gasteiger partial charge is 0.376 e. The van der Waals surface area contributed by atoms with E-state index in [4.69, 9.17) is 9.26 Å². The van der Waals surface area contributed by atoms with Crippen molar-refractivity contribution in [3.63, 3.8) is 0 Å². The molecule has 2 aromatic heterocycles. The summed E-state index contributed by atoms with van der Waals surface area (Å²) in [5.41, 5.74) is 4.18. The number of likely N-dealkylation sites (tertiary alicyclic amines) is 1. The van der Waals surface area contributed by atoms with Crippen molar-refractivity contribution in [1.29, 1.82) is 0 Å². The van der Waals surface area contributed by atoms with Crippen molar-refractivity contribution in [3.05, 3.63) is 53.2 Å². The van der Waals surface area contributed by atoms with Gasteiger partial charge in [0, 0.05) is 52.7 Å². The van der Waals surface area contributed by atoms with Gasteiger partial charge in [-0.3, -0.25) is 9.48 Å². The van der Waals surface area contributed by atoms with Crippen LogP contribution in [0, 0.1) is 5.41 Å². The van der Waals surface area contributed by atoms with Gasteiger partial charge in [0.2, 0.25) is 11.7 Å². The molecule has 8 nitrogen and oxygen atoms in total. The summed E-state index contributed by atoms with van der Waals surface area (Å²) in [5, 5.41) is 8.72. The highest BCUT2D eigenvalue weighted by Crippen LogP contribution is 2.54. The average molecular weight is 448 g/mol. The van der Waals surface area contributed by atoms with Crippen LogP contribution < -0.4 is 0 Å². The van der Waals surface area contributed by atoms with Gasteiger partial charge in [-0.05, 0) is 25.0 Å². The summed E-state index contributed by atoms with van der Waals surface area (Å²) < 4.78 is 13.1. The molecule has 1 amide bonds. The molecule has 1 saturated carbocycles. The number of nitrogens with zero attached hydrogens (tertiary/aromatic N) is 5. The third kappa shape index (κ3) is 3.47. The normalized spacial score (nSPS) is 19.8. The molecule has 33 heavy (non-hydrogen) atoms. The topological polar surface area (TPSA) is 86.3 Å². The Morgan fingerprint density at radius 3 is 2.61 bits per heavy atom. The Morgan fingerprint density at radius 2 is 1.91 bits per heavy atom. The number of hydrogen-bond donors (Lipinski definition) is 0. The predicted octanol–water partition coefficient (Wildman–Crippen LogP) is 3.78. The number of fused-ring (bicyclic) bond motifs is 1. The highest BCUT2D eigenvalue weighted by Gasteiger charge is 2.54. The molecule has 6 rings (SSSR count). The fraction of sp³-hybridized carbons (Fsp3) is 0.520. The Bertz CT molecular complexity index is 1190. The summed E-state index contributed by atoms with van der Waals surface area (Å²) in [7, 11) is 0. The van der Waals surface area contributed by atoms with Crippen molar-refractivity contribution in [3.8, 4) is 11.4 Å². The Labute approximate surface area is 192 Å². The van der Waals surface area contributed by atoms with Crippen LogP contribution in [0.3, 0.4) is 0 Å². The van der Waals surface area contributed by atoms with Crippen LogP contribution in [0.2, 0.25) is 0 Å². The number of carbonyl (C=O) groups excluding carboxylic acids is 1. The van der Waals surface area contributed by atoms with Gasteiger partial charge in [0.15, 0.2) is 0 Å². The van der Waals surface area contributed by atoms with E-state index >= 15 is 0 Å². The molecule has 2 aliphatic heterocycles. The summed E-state index contributed by atoms with van der Waals surface area (Å²) in [6.45, 7) is 9.23. The molecule has 4 heterocycles. The van der Waals surface area contributed by atoms with Crippen LogP contribution in [0.4, 0.5) is 0 Å². The van der Waals surface area contributed by atoms with Crippen molar-refractivity contribution in [2.75, 3.05) is 19.7 Å². The van der Waals surface area contributed by atoms with E-state index in [9.17, 15) is 4.79 Å². The maximum absolute atomic E-state index is 13.0. The highest BCUT2D eigenvalue weighted by atomic mass is 16.5. The molecule has 0 atom stereocenters. The van der Waals surface area contributed by atoms with Crippen LogP contribution in [0.25, 0.3) is 11.4 Å². The quantitative estimate of drug-likeness (QED) is 0.607. The van der Waals surface area contributed by atoms with E-state index in [2.05, 4.69) is 19.9 Å². The zero-order valence-corrected chi connectivity index (χ0v) is 19.4. The first-order valence-corrected chi connectivity index (χ1v) is 11.7. The molecule has 3 aliphatic rings. The number of rotatable bonds is 3. The van der Waals surface area contributed by atoms with Crippen molar-refractivity contribution in [2.24, 2.45) is 5.41 Å². The maximum Gasteiger partial charge on any atom is 0.253 e. The van der Waals surface area contributed by atoms with Gasteiger partial charge in [0.1, 0.15) is 0 Å². The van der Waals surface area contributed by atoms with Gasteiger partial charge in [-0.2, -0.15) is 10.1 Å². The Hall–Kier alpha value is -3.00. The Balaban J connectivity index is 1.07. The zero-order valence-electron chi connectivity index (χ0n) is 19.4.